The van der Waals surface area contributed by atoms with Crippen molar-refractivity contribution in [2.45, 2.75) is 57.0 Å². The van der Waals surface area contributed by atoms with Gasteiger partial charge in [0.05, 0.1) is 5.56 Å². The summed E-state index contributed by atoms with van der Waals surface area (Å²) in [5.74, 6) is -0.0116. The molecule has 23 heavy (non-hydrogen) atoms. The summed E-state index contributed by atoms with van der Waals surface area (Å²) in [6, 6.07) is 1.90. The van der Waals surface area contributed by atoms with Gasteiger partial charge in [0, 0.05) is 30.4 Å². The molecule has 2 aliphatic rings. The van der Waals surface area contributed by atoms with E-state index in [0.717, 1.165) is 49.9 Å². The maximum Gasteiger partial charge on any atom is 0.438 e. The zero-order valence-electron chi connectivity index (χ0n) is 12.9. The summed E-state index contributed by atoms with van der Waals surface area (Å²) in [5, 5.41) is 6.92. The van der Waals surface area contributed by atoms with Gasteiger partial charge >= 0.3 is 5.76 Å². The van der Waals surface area contributed by atoms with Gasteiger partial charge in [-0.05, 0) is 38.2 Å². The van der Waals surface area contributed by atoms with Gasteiger partial charge in [-0.2, -0.15) is 0 Å². The first kappa shape index (κ1) is 14.3. The number of carbonyl (C=O) groups is 1. The number of nitrogens with zero attached hydrogens (tertiary/aromatic N) is 2. The van der Waals surface area contributed by atoms with Crippen LogP contribution in [-0.2, 0) is 13.0 Å². The molecule has 7 heteroatoms. The van der Waals surface area contributed by atoms with E-state index in [0.29, 0.717) is 5.82 Å². The van der Waals surface area contributed by atoms with Crippen molar-refractivity contribution < 1.29 is 9.32 Å². The summed E-state index contributed by atoms with van der Waals surface area (Å²) in [4.78, 5) is 26.4. The molecule has 4 rings (SSSR count). The van der Waals surface area contributed by atoms with Gasteiger partial charge in [-0.3, -0.25) is 14.3 Å². The van der Waals surface area contributed by atoms with Crippen LogP contribution in [0.25, 0.3) is 0 Å². The third-order valence-corrected chi connectivity index (χ3v) is 5.03. The second-order valence-corrected chi connectivity index (χ2v) is 6.42. The second kappa shape index (κ2) is 5.72. The van der Waals surface area contributed by atoms with Crippen molar-refractivity contribution in [3.63, 3.8) is 0 Å². The Kier molecular flexibility index (Phi) is 3.55. The second-order valence-electron chi connectivity index (χ2n) is 6.42. The highest BCUT2D eigenvalue weighted by Crippen LogP contribution is 2.32. The van der Waals surface area contributed by atoms with Crippen molar-refractivity contribution >= 4 is 5.91 Å². The van der Waals surface area contributed by atoms with Crippen LogP contribution < -0.4 is 11.1 Å². The topological polar surface area (TPSA) is 92.9 Å². The Hall–Kier alpha value is -2.31. The van der Waals surface area contributed by atoms with Crippen LogP contribution in [0.15, 0.2) is 21.6 Å². The molecular weight excluding hydrogens is 296 g/mol. The molecular formula is C16H20N4O3. The highest BCUT2D eigenvalue weighted by molar-refractivity contribution is 5.95. The van der Waals surface area contributed by atoms with Crippen LogP contribution in [0.3, 0.4) is 0 Å². The maximum atomic E-state index is 12.7. The molecule has 1 fully saturated rings. The molecule has 1 saturated carbocycles. The fourth-order valence-corrected chi connectivity index (χ4v) is 3.88. The number of amides is 1. The zero-order valence-corrected chi connectivity index (χ0v) is 12.9. The molecule has 3 heterocycles. The molecule has 1 amide bonds. The molecule has 0 bridgehead atoms. The summed E-state index contributed by atoms with van der Waals surface area (Å²) in [5.41, 5.74) is 1.92. The lowest BCUT2D eigenvalue weighted by atomic mass is 10.0. The molecule has 1 aliphatic carbocycles. The van der Waals surface area contributed by atoms with Gasteiger partial charge in [0.25, 0.3) is 5.91 Å². The van der Waals surface area contributed by atoms with Crippen molar-refractivity contribution in [1.82, 2.24) is 20.0 Å². The predicted octanol–water partition coefficient (Wildman–Crippen LogP) is 1.57. The molecule has 0 aromatic carbocycles. The van der Waals surface area contributed by atoms with E-state index >= 15 is 0 Å². The molecule has 2 atom stereocenters. The minimum absolute atomic E-state index is 0.0117. The van der Waals surface area contributed by atoms with E-state index in [2.05, 4.69) is 24.5 Å². The highest BCUT2D eigenvalue weighted by Gasteiger charge is 2.33. The van der Waals surface area contributed by atoms with E-state index in [1.165, 1.54) is 6.42 Å². The maximum absolute atomic E-state index is 12.7. The van der Waals surface area contributed by atoms with Crippen molar-refractivity contribution in [3.05, 3.63) is 39.9 Å². The van der Waals surface area contributed by atoms with Gasteiger partial charge in [-0.15, -0.1) is 0 Å². The lowest BCUT2D eigenvalue weighted by Gasteiger charge is -2.20. The largest absolute Gasteiger partial charge is 0.438 e. The van der Waals surface area contributed by atoms with E-state index in [-0.39, 0.29) is 17.9 Å². The van der Waals surface area contributed by atoms with E-state index in [9.17, 15) is 9.59 Å². The number of hydrogen-bond donors (Lipinski definition) is 2. The Bertz CT molecular complexity index is 772. The summed E-state index contributed by atoms with van der Waals surface area (Å²) in [6.45, 7) is 0.995. The van der Waals surface area contributed by atoms with Gasteiger partial charge in [0.15, 0.2) is 5.82 Å². The quantitative estimate of drug-likeness (QED) is 0.899. The molecule has 122 valence electrons. The minimum atomic E-state index is -0.543. The molecule has 0 radical (unpaired) electrons. The first-order valence-electron chi connectivity index (χ1n) is 8.27. The van der Waals surface area contributed by atoms with Crippen LogP contribution in [0.1, 0.15) is 59.9 Å². The molecule has 2 unspecified atom stereocenters. The number of aromatic nitrogens is 3. The third-order valence-electron chi connectivity index (χ3n) is 5.03. The van der Waals surface area contributed by atoms with Crippen LogP contribution in [0.5, 0.6) is 0 Å². The number of carbonyl (C=O) groups excluding carboxylic acids is 1. The molecule has 2 aromatic rings. The minimum Gasteiger partial charge on any atom is -0.351 e. The average molecular weight is 316 g/mol. The SMILES string of the molecule is O=C(NC1CCCC1c1noc(=O)[nH]1)c1ccn2c1CCCC2. The van der Waals surface area contributed by atoms with E-state index in [1.54, 1.807) is 0 Å². The van der Waals surface area contributed by atoms with Gasteiger partial charge in [0.1, 0.15) is 0 Å². The van der Waals surface area contributed by atoms with Crippen LogP contribution in [0.2, 0.25) is 0 Å². The number of aromatic amines is 1. The molecule has 0 spiro atoms. The van der Waals surface area contributed by atoms with Crippen LogP contribution >= 0.6 is 0 Å². The summed E-state index contributed by atoms with van der Waals surface area (Å²) >= 11 is 0. The number of rotatable bonds is 3. The van der Waals surface area contributed by atoms with Crippen LogP contribution in [0.4, 0.5) is 0 Å². The van der Waals surface area contributed by atoms with Crippen molar-refractivity contribution in [2.75, 3.05) is 0 Å². The molecule has 0 saturated heterocycles. The average Bonchev–Trinajstić information content (AvgIpc) is 3.25. The smallest absolute Gasteiger partial charge is 0.351 e. The molecule has 1 aliphatic heterocycles. The predicted molar refractivity (Wildman–Crippen MR) is 82.3 cm³/mol. The fraction of sp³-hybridized carbons (Fsp3) is 0.562. The molecule has 2 aromatic heterocycles. The first-order chi connectivity index (χ1) is 11.2. The Balaban J connectivity index is 1.52. The van der Waals surface area contributed by atoms with Crippen LogP contribution in [-0.4, -0.2) is 26.7 Å². The normalized spacial score (nSPS) is 23.7. The third kappa shape index (κ3) is 2.60. The fourth-order valence-electron chi connectivity index (χ4n) is 3.88. The summed E-state index contributed by atoms with van der Waals surface area (Å²) < 4.78 is 6.78. The van der Waals surface area contributed by atoms with E-state index in [4.69, 9.17) is 0 Å². The number of fused-ring (bicyclic) bond motifs is 1. The van der Waals surface area contributed by atoms with E-state index in [1.807, 2.05) is 12.3 Å². The van der Waals surface area contributed by atoms with Crippen molar-refractivity contribution in [3.8, 4) is 0 Å². The number of nitrogens with one attached hydrogen (secondary N) is 2. The van der Waals surface area contributed by atoms with Crippen molar-refractivity contribution in [2.24, 2.45) is 0 Å². The summed E-state index contributed by atoms with van der Waals surface area (Å²) in [7, 11) is 0. The summed E-state index contributed by atoms with van der Waals surface area (Å²) in [6.07, 6.45) is 8.05. The van der Waals surface area contributed by atoms with Gasteiger partial charge in [0.2, 0.25) is 0 Å². The Morgan fingerprint density at radius 1 is 1.35 bits per heavy atom. The van der Waals surface area contributed by atoms with E-state index < -0.39 is 5.76 Å². The number of hydrogen-bond acceptors (Lipinski definition) is 4. The van der Waals surface area contributed by atoms with Gasteiger partial charge in [-0.25, -0.2) is 4.79 Å². The standard InChI is InChI=1S/C16H20N4O3/c21-15(11-7-9-20-8-2-1-6-13(11)20)17-12-5-3-4-10(12)14-18-16(22)23-19-14/h7,9-10,12H,1-6,8H2,(H,17,21)(H,18,19,22). The van der Waals surface area contributed by atoms with Gasteiger partial charge in [-0.1, -0.05) is 11.6 Å². The lowest BCUT2D eigenvalue weighted by molar-refractivity contribution is 0.0932. The molecule has 7 nitrogen and oxygen atoms in total. The Morgan fingerprint density at radius 3 is 3.09 bits per heavy atom. The van der Waals surface area contributed by atoms with Crippen LogP contribution in [0, 0.1) is 0 Å². The van der Waals surface area contributed by atoms with Gasteiger partial charge < -0.3 is 9.88 Å². The van der Waals surface area contributed by atoms with Crippen molar-refractivity contribution in [1.29, 1.82) is 0 Å². The number of aryl methyl sites for hydroxylation is 1. The monoisotopic (exact) mass is 316 g/mol. The zero-order chi connectivity index (χ0) is 15.8. The Labute approximate surface area is 133 Å². The molecule has 2 N–H and O–H groups in total. The number of H-pyrrole nitrogens is 1. The lowest BCUT2D eigenvalue weighted by Crippen LogP contribution is -2.37. The highest BCUT2D eigenvalue weighted by atomic mass is 16.5. The Morgan fingerprint density at radius 2 is 2.26 bits per heavy atom. The first-order valence-corrected chi connectivity index (χ1v) is 8.27.